The Morgan fingerprint density at radius 2 is 2.00 bits per heavy atom. The molecule has 14 heavy (non-hydrogen) atoms. The molecule has 0 heterocycles. The van der Waals surface area contributed by atoms with E-state index in [-0.39, 0.29) is 11.9 Å². The van der Waals surface area contributed by atoms with Crippen molar-refractivity contribution >= 4 is 0 Å². The van der Waals surface area contributed by atoms with Gasteiger partial charge in [-0.3, -0.25) is 0 Å². The molecule has 0 bridgehead atoms. The standard InChI is InChI=1S/C11H17FN2/c1-8-4-9(6-10(12)5-8)11(13)7-14(2)3/h4-6,11H,7,13H2,1-3H3. The third-order valence-electron chi connectivity index (χ3n) is 2.05. The molecule has 2 nitrogen and oxygen atoms in total. The number of rotatable bonds is 3. The van der Waals surface area contributed by atoms with Gasteiger partial charge >= 0.3 is 0 Å². The summed E-state index contributed by atoms with van der Waals surface area (Å²) in [6.45, 7) is 2.60. The number of halogens is 1. The zero-order valence-electron chi connectivity index (χ0n) is 8.92. The van der Waals surface area contributed by atoms with E-state index in [1.807, 2.05) is 32.0 Å². The van der Waals surface area contributed by atoms with Crippen LogP contribution in [0.4, 0.5) is 4.39 Å². The monoisotopic (exact) mass is 196 g/mol. The van der Waals surface area contributed by atoms with Gasteiger partial charge in [-0.1, -0.05) is 6.07 Å². The lowest BCUT2D eigenvalue weighted by Gasteiger charge is -2.17. The van der Waals surface area contributed by atoms with Crippen molar-refractivity contribution in [2.45, 2.75) is 13.0 Å². The number of nitrogens with zero attached hydrogens (tertiary/aromatic N) is 1. The Labute approximate surface area is 84.5 Å². The van der Waals surface area contributed by atoms with Crippen LogP contribution in [0, 0.1) is 12.7 Å². The van der Waals surface area contributed by atoms with Gasteiger partial charge in [-0.2, -0.15) is 0 Å². The van der Waals surface area contributed by atoms with Crippen molar-refractivity contribution in [2.24, 2.45) is 5.73 Å². The van der Waals surface area contributed by atoms with E-state index < -0.39 is 0 Å². The number of hydrogen-bond acceptors (Lipinski definition) is 2. The minimum absolute atomic E-state index is 0.126. The lowest BCUT2D eigenvalue weighted by Crippen LogP contribution is -2.26. The molecule has 1 aromatic carbocycles. The first-order valence-electron chi connectivity index (χ1n) is 4.66. The quantitative estimate of drug-likeness (QED) is 0.797. The predicted molar refractivity (Wildman–Crippen MR) is 56.6 cm³/mol. The number of hydrogen-bond donors (Lipinski definition) is 1. The van der Waals surface area contributed by atoms with Crippen molar-refractivity contribution < 1.29 is 4.39 Å². The SMILES string of the molecule is Cc1cc(F)cc(C(N)CN(C)C)c1. The Hall–Kier alpha value is -0.930. The van der Waals surface area contributed by atoms with Crippen LogP contribution in [0.2, 0.25) is 0 Å². The zero-order valence-corrected chi connectivity index (χ0v) is 8.92. The molecule has 0 saturated carbocycles. The second kappa shape index (κ2) is 4.53. The molecular formula is C11H17FN2. The van der Waals surface area contributed by atoms with E-state index in [0.717, 1.165) is 17.7 Å². The number of nitrogens with two attached hydrogens (primary N) is 1. The maximum atomic E-state index is 13.1. The van der Waals surface area contributed by atoms with E-state index in [0.29, 0.717) is 0 Å². The molecule has 78 valence electrons. The molecule has 0 fully saturated rings. The summed E-state index contributed by atoms with van der Waals surface area (Å²) in [4.78, 5) is 1.99. The molecule has 1 rings (SSSR count). The van der Waals surface area contributed by atoms with Gasteiger partial charge in [-0.15, -0.1) is 0 Å². The minimum atomic E-state index is -0.214. The van der Waals surface area contributed by atoms with Gasteiger partial charge in [-0.05, 0) is 44.3 Å². The van der Waals surface area contributed by atoms with E-state index in [4.69, 9.17) is 5.73 Å². The number of benzene rings is 1. The summed E-state index contributed by atoms with van der Waals surface area (Å²) in [7, 11) is 3.90. The molecule has 1 unspecified atom stereocenters. The van der Waals surface area contributed by atoms with Gasteiger partial charge in [0, 0.05) is 12.6 Å². The van der Waals surface area contributed by atoms with E-state index in [1.165, 1.54) is 12.1 Å². The molecule has 1 aromatic rings. The van der Waals surface area contributed by atoms with Crippen LogP contribution in [-0.4, -0.2) is 25.5 Å². The molecule has 0 radical (unpaired) electrons. The van der Waals surface area contributed by atoms with Crippen LogP contribution in [0.15, 0.2) is 18.2 Å². The minimum Gasteiger partial charge on any atom is -0.323 e. The van der Waals surface area contributed by atoms with Gasteiger partial charge in [-0.25, -0.2) is 4.39 Å². The maximum absolute atomic E-state index is 13.1. The van der Waals surface area contributed by atoms with Crippen LogP contribution in [0.3, 0.4) is 0 Å². The first-order valence-corrected chi connectivity index (χ1v) is 4.66. The van der Waals surface area contributed by atoms with E-state index in [1.54, 1.807) is 0 Å². The third kappa shape index (κ3) is 3.09. The summed E-state index contributed by atoms with van der Waals surface area (Å²) >= 11 is 0. The third-order valence-corrected chi connectivity index (χ3v) is 2.05. The topological polar surface area (TPSA) is 29.3 Å². The highest BCUT2D eigenvalue weighted by molar-refractivity contribution is 5.26. The van der Waals surface area contributed by atoms with Gasteiger partial charge in [0.2, 0.25) is 0 Å². The highest BCUT2D eigenvalue weighted by Gasteiger charge is 2.08. The second-order valence-electron chi connectivity index (χ2n) is 3.93. The molecule has 0 spiro atoms. The summed E-state index contributed by atoms with van der Waals surface area (Å²) in [5.74, 6) is -0.214. The molecule has 0 aliphatic rings. The van der Waals surface area contributed by atoms with Crippen LogP contribution in [0.1, 0.15) is 17.2 Å². The molecule has 0 amide bonds. The number of aryl methyl sites for hydroxylation is 1. The van der Waals surface area contributed by atoms with Crippen molar-refractivity contribution in [2.75, 3.05) is 20.6 Å². The molecule has 0 aliphatic heterocycles. The fourth-order valence-corrected chi connectivity index (χ4v) is 1.48. The predicted octanol–water partition coefficient (Wildman–Crippen LogP) is 1.70. The van der Waals surface area contributed by atoms with Crippen LogP contribution in [-0.2, 0) is 0 Å². The molecule has 0 saturated heterocycles. The van der Waals surface area contributed by atoms with Crippen molar-refractivity contribution in [1.82, 2.24) is 4.90 Å². The van der Waals surface area contributed by atoms with E-state index in [2.05, 4.69) is 0 Å². The first-order chi connectivity index (χ1) is 6.49. The highest BCUT2D eigenvalue weighted by atomic mass is 19.1. The average molecular weight is 196 g/mol. The van der Waals surface area contributed by atoms with Crippen LogP contribution >= 0.6 is 0 Å². The van der Waals surface area contributed by atoms with Crippen molar-refractivity contribution in [1.29, 1.82) is 0 Å². The molecule has 0 aromatic heterocycles. The van der Waals surface area contributed by atoms with Crippen LogP contribution in [0.25, 0.3) is 0 Å². The largest absolute Gasteiger partial charge is 0.323 e. The number of likely N-dealkylation sites (N-methyl/N-ethyl adjacent to an activating group) is 1. The maximum Gasteiger partial charge on any atom is 0.123 e. The fraction of sp³-hybridized carbons (Fsp3) is 0.455. The van der Waals surface area contributed by atoms with E-state index in [9.17, 15) is 4.39 Å². The first kappa shape index (κ1) is 11.1. The summed E-state index contributed by atoms with van der Waals surface area (Å²) < 4.78 is 13.1. The smallest absolute Gasteiger partial charge is 0.123 e. The summed E-state index contributed by atoms with van der Waals surface area (Å²) in [5.41, 5.74) is 7.69. The summed E-state index contributed by atoms with van der Waals surface area (Å²) in [6.07, 6.45) is 0. The van der Waals surface area contributed by atoms with Crippen molar-refractivity contribution in [3.8, 4) is 0 Å². The normalized spacial score (nSPS) is 13.3. The Kier molecular flexibility index (Phi) is 3.61. The average Bonchev–Trinajstić information content (AvgIpc) is 2.00. The van der Waals surface area contributed by atoms with Crippen molar-refractivity contribution in [3.63, 3.8) is 0 Å². The second-order valence-corrected chi connectivity index (χ2v) is 3.93. The highest BCUT2D eigenvalue weighted by Crippen LogP contribution is 2.15. The van der Waals surface area contributed by atoms with Gasteiger partial charge < -0.3 is 10.6 Å². The van der Waals surface area contributed by atoms with Gasteiger partial charge in [0.15, 0.2) is 0 Å². The van der Waals surface area contributed by atoms with Gasteiger partial charge in [0.25, 0.3) is 0 Å². The van der Waals surface area contributed by atoms with Gasteiger partial charge in [0.1, 0.15) is 5.82 Å². The Morgan fingerprint density at radius 1 is 1.36 bits per heavy atom. The van der Waals surface area contributed by atoms with Gasteiger partial charge in [0.05, 0.1) is 0 Å². The van der Waals surface area contributed by atoms with E-state index >= 15 is 0 Å². The molecule has 3 heteroatoms. The Bertz CT molecular complexity index is 290. The Balaban J connectivity index is 2.84. The van der Waals surface area contributed by atoms with Crippen LogP contribution in [0.5, 0.6) is 0 Å². The molecule has 2 N–H and O–H groups in total. The Morgan fingerprint density at radius 3 is 2.50 bits per heavy atom. The molecule has 1 atom stereocenters. The summed E-state index contributed by atoms with van der Waals surface area (Å²) in [6, 6.07) is 4.81. The lowest BCUT2D eigenvalue weighted by atomic mass is 10.0. The fourth-order valence-electron chi connectivity index (χ4n) is 1.48. The molecule has 0 aliphatic carbocycles. The van der Waals surface area contributed by atoms with Crippen molar-refractivity contribution in [3.05, 3.63) is 35.1 Å². The van der Waals surface area contributed by atoms with Crippen LogP contribution < -0.4 is 5.73 Å². The zero-order chi connectivity index (χ0) is 10.7. The molecular weight excluding hydrogens is 179 g/mol. The lowest BCUT2D eigenvalue weighted by molar-refractivity contribution is 0.376. The summed E-state index contributed by atoms with van der Waals surface area (Å²) in [5, 5.41) is 0.